The summed E-state index contributed by atoms with van der Waals surface area (Å²) in [6.45, 7) is 8.29. The van der Waals surface area contributed by atoms with Crippen molar-refractivity contribution in [2.24, 2.45) is 5.92 Å². The maximum Gasteiger partial charge on any atom is 0.310 e. The number of carbonyl (C=O) groups excluding carboxylic acids is 2. The Hall–Kier alpha value is -1.10. The number of piperidine rings is 1. The van der Waals surface area contributed by atoms with Crippen LogP contribution in [0.3, 0.4) is 0 Å². The zero-order chi connectivity index (χ0) is 15.0. The third kappa shape index (κ3) is 5.49. The number of hydrogen-bond acceptors (Lipinski definition) is 4. The van der Waals surface area contributed by atoms with Gasteiger partial charge in [0.25, 0.3) is 0 Å². The molecule has 0 aromatic heterocycles. The summed E-state index contributed by atoms with van der Waals surface area (Å²) in [5.74, 6) is -0.148. The van der Waals surface area contributed by atoms with Gasteiger partial charge in [-0.3, -0.25) is 14.5 Å². The molecule has 0 aliphatic carbocycles. The molecule has 0 aromatic carbocycles. The Kier molecular flexibility index (Phi) is 7.59. The molecule has 5 heteroatoms. The summed E-state index contributed by atoms with van der Waals surface area (Å²) in [5, 5.41) is 3.04. The topological polar surface area (TPSA) is 58.6 Å². The number of ether oxygens (including phenoxy) is 1. The fourth-order valence-electron chi connectivity index (χ4n) is 2.62. The Morgan fingerprint density at radius 1 is 1.30 bits per heavy atom. The molecule has 1 amide bonds. The summed E-state index contributed by atoms with van der Waals surface area (Å²) in [6, 6.07) is 0.258. The third-order valence-corrected chi connectivity index (χ3v) is 3.84. The average Bonchev–Trinajstić information content (AvgIpc) is 2.45. The van der Waals surface area contributed by atoms with Crippen molar-refractivity contribution in [1.29, 1.82) is 0 Å². The molecule has 0 aromatic rings. The van der Waals surface area contributed by atoms with E-state index >= 15 is 0 Å². The summed E-state index contributed by atoms with van der Waals surface area (Å²) >= 11 is 0. The predicted octanol–water partition coefficient (Wildman–Crippen LogP) is 1.57. The maximum absolute atomic E-state index is 12.0. The van der Waals surface area contributed by atoms with E-state index in [-0.39, 0.29) is 23.8 Å². The molecule has 1 heterocycles. The molecular weight excluding hydrogens is 256 g/mol. The number of amides is 1. The first-order valence-corrected chi connectivity index (χ1v) is 7.78. The predicted molar refractivity (Wildman–Crippen MR) is 78.3 cm³/mol. The second-order valence-electron chi connectivity index (χ2n) is 5.41. The van der Waals surface area contributed by atoms with E-state index in [1.54, 1.807) is 0 Å². The minimum atomic E-state index is -0.127. The normalized spacial score (nSPS) is 19.9. The summed E-state index contributed by atoms with van der Waals surface area (Å²) in [7, 11) is 0. The van der Waals surface area contributed by atoms with E-state index in [9.17, 15) is 9.59 Å². The van der Waals surface area contributed by atoms with Crippen LogP contribution in [-0.4, -0.2) is 49.1 Å². The summed E-state index contributed by atoms with van der Waals surface area (Å²) in [4.78, 5) is 25.8. The highest BCUT2D eigenvalue weighted by molar-refractivity contribution is 5.78. The highest BCUT2D eigenvalue weighted by Crippen LogP contribution is 2.17. The van der Waals surface area contributed by atoms with Gasteiger partial charge in [0.2, 0.25) is 5.91 Å². The largest absolute Gasteiger partial charge is 0.466 e. The van der Waals surface area contributed by atoms with Gasteiger partial charge in [-0.05, 0) is 39.2 Å². The van der Waals surface area contributed by atoms with Crippen molar-refractivity contribution in [3.8, 4) is 0 Å². The van der Waals surface area contributed by atoms with Gasteiger partial charge in [0.1, 0.15) is 0 Å². The molecule has 1 saturated heterocycles. The molecule has 20 heavy (non-hydrogen) atoms. The van der Waals surface area contributed by atoms with E-state index < -0.39 is 0 Å². The van der Waals surface area contributed by atoms with Crippen molar-refractivity contribution in [3.63, 3.8) is 0 Å². The number of hydrogen-bond donors (Lipinski definition) is 1. The fourth-order valence-corrected chi connectivity index (χ4v) is 2.62. The van der Waals surface area contributed by atoms with E-state index in [4.69, 9.17) is 4.74 Å². The standard InChI is InChI=1S/C15H28N2O3/c1-4-13(5-2)16-14(18)11-17-9-7-8-12(10-17)15(19)20-6-3/h12-13H,4-11H2,1-3H3,(H,16,18). The van der Waals surface area contributed by atoms with Crippen LogP contribution >= 0.6 is 0 Å². The first-order valence-electron chi connectivity index (χ1n) is 7.78. The monoisotopic (exact) mass is 284 g/mol. The maximum atomic E-state index is 12.0. The Morgan fingerprint density at radius 3 is 2.60 bits per heavy atom. The minimum absolute atomic E-state index is 0.0585. The lowest BCUT2D eigenvalue weighted by Crippen LogP contribution is -2.46. The third-order valence-electron chi connectivity index (χ3n) is 3.84. The number of carbonyl (C=O) groups is 2. The van der Waals surface area contributed by atoms with Gasteiger partial charge >= 0.3 is 5.97 Å². The molecule has 116 valence electrons. The minimum Gasteiger partial charge on any atom is -0.466 e. The van der Waals surface area contributed by atoms with Gasteiger partial charge in [-0.15, -0.1) is 0 Å². The molecule has 1 rings (SSSR count). The first kappa shape index (κ1) is 17.0. The number of esters is 1. The van der Waals surface area contributed by atoms with E-state index in [0.29, 0.717) is 19.7 Å². The van der Waals surface area contributed by atoms with E-state index in [1.165, 1.54) is 0 Å². The van der Waals surface area contributed by atoms with Crippen LogP contribution in [0.15, 0.2) is 0 Å². The Bertz CT molecular complexity index is 316. The van der Waals surface area contributed by atoms with E-state index in [0.717, 1.165) is 32.2 Å². The van der Waals surface area contributed by atoms with Crippen LogP contribution in [0.5, 0.6) is 0 Å². The van der Waals surface area contributed by atoms with Crippen LogP contribution in [-0.2, 0) is 14.3 Å². The summed E-state index contributed by atoms with van der Waals surface area (Å²) in [5.41, 5.74) is 0. The molecule has 1 aliphatic rings. The SMILES string of the molecule is CCOC(=O)C1CCCN(CC(=O)NC(CC)CC)C1. The number of likely N-dealkylation sites (tertiary alicyclic amines) is 1. The smallest absolute Gasteiger partial charge is 0.310 e. The Morgan fingerprint density at radius 2 is 2.00 bits per heavy atom. The van der Waals surface area contributed by atoms with Gasteiger partial charge in [-0.2, -0.15) is 0 Å². The van der Waals surface area contributed by atoms with Crippen LogP contribution in [0.2, 0.25) is 0 Å². The van der Waals surface area contributed by atoms with Gasteiger partial charge in [0.05, 0.1) is 19.1 Å². The second-order valence-corrected chi connectivity index (χ2v) is 5.41. The number of rotatable bonds is 7. The second kappa shape index (κ2) is 8.95. The zero-order valence-corrected chi connectivity index (χ0v) is 13.0. The van der Waals surface area contributed by atoms with Crippen LogP contribution < -0.4 is 5.32 Å². The molecule has 0 spiro atoms. The lowest BCUT2D eigenvalue weighted by molar-refractivity contribution is -0.150. The number of nitrogens with zero attached hydrogens (tertiary/aromatic N) is 1. The molecule has 1 aliphatic heterocycles. The lowest BCUT2D eigenvalue weighted by Gasteiger charge is -2.31. The molecule has 1 atom stereocenters. The highest BCUT2D eigenvalue weighted by Gasteiger charge is 2.27. The molecule has 1 fully saturated rings. The molecule has 0 bridgehead atoms. The van der Waals surface area contributed by atoms with Crippen molar-refractivity contribution >= 4 is 11.9 Å². The fraction of sp³-hybridized carbons (Fsp3) is 0.867. The van der Waals surface area contributed by atoms with Gasteiger partial charge in [-0.1, -0.05) is 13.8 Å². The molecule has 1 N–H and O–H groups in total. The van der Waals surface area contributed by atoms with Gasteiger partial charge in [-0.25, -0.2) is 0 Å². The Labute approximate surface area is 122 Å². The summed E-state index contributed by atoms with van der Waals surface area (Å²) < 4.78 is 5.07. The van der Waals surface area contributed by atoms with Crippen molar-refractivity contribution in [2.45, 2.75) is 52.5 Å². The van der Waals surface area contributed by atoms with Crippen LogP contribution in [0.25, 0.3) is 0 Å². The summed E-state index contributed by atoms with van der Waals surface area (Å²) in [6.07, 6.45) is 3.71. The average molecular weight is 284 g/mol. The van der Waals surface area contributed by atoms with Crippen LogP contribution in [0.1, 0.15) is 46.5 Å². The van der Waals surface area contributed by atoms with Gasteiger partial charge < -0.3 is 10.1 Å². The number of nitrogens with one attached hydrogen (secondary N) is 1. The molecule has 0 radical (unpaired) electrons. The van der Waals surface area contributed by atoms with E-state index in [2.05, 4.69) is 24.1 Å². The zero-order valence-electron chi connectivity index (χ0n) is 13.0. The van der Waals surface area contributed by atoms with Crippen LogP contribution in [0, 0.1) is 5.92 Å². The van der Waals surface area contributed by atoms with Crippen molar-refractivity contribution in [2.75, 3.05) is 26.2 Å². The van der Waals surface area contributed by atoms with Gasteiger partial charge in [0.15, 0.2) is 0 Å². The van der Waals surface area contributed by atoms with Crippen LogP contribution in [0.4, 0.5) is 0 Å². The van der Waals surface area contributed by atoms with Crippen molar-refractivity contribution in [3.05, 3.63) is 0 Å². The lowest BCUT2D eigenvalue weighted by atomic mass is 9.98. The molecular formula is C15H28N2O3. The Balaban J connectivity index is 2.39. The van der Waals surface area contributed by atoms with Gasteiger partial charge in [0, 0.05) is 12.6 Å². The van der Waals surface area contributed by atoms with E-state index in [1.807, 2.05) is 6.92 Å². The molecule has 5 nitrogen and oxygen atoms in total. The molecule has 1 unspecified atom stereocenters. The molecule has 0 saturated carbocycles. The quantitative estimate of drug-likeness (QED) is 0.721. The first-order chi connectivity index (χ1) is 9.60. The highest BCUT2D eigenvalue weighted by atomic mass is 16.5. The van der Waals surface area contributed by atoms with Crippen molar-refractivity contribution < 1.29 is 14.3 Å². The van der Waals surface area contributed by atoms with Crippen molar-refractivity contribution in [1.82, 2.24) is 10.2 Å².